The van der Waals surface area contributed by atoms with Crippen LogP contribution in [-0.4, -0.2) is 37.4 Å². The molecule has 0 saturated carbocycles. The Kier molecular flexibility index (Phi) is 5.50. The Bertz CT molecular complexity index is 1310. The molecule has 33 heavy (non-hydrogen) atoms. The van der Waals surface area contributed by atoms with Gasteiger partial charge >= 0.3 is 0 Å². The van der Waals surface area contributed by atoms with E-state index in [0.717, 1.165) is 41.9 Å². The summed E-state index contributed by atoms with van der Waals surface area (Å²) in [6, 6.07) is 11.9. The standard InChI is InChI=1S/C25H24FN5O2/c1-16-14-30(15-27-16)23-11-8-18(12-25(23)33-2)24(32)13-20-22-5-3-4-21(31(22)29-28-20)17-6-9-19(26)10-7-17/h6-12,14-15,21H,3-5,13H2,1-2H3. The van der Waals surface area contributed by atoms with Crippen LogP contribution in [0.3, 0.4) is 0 Å². The summed E-state index contributed by atoms with van der Waals surface area (Å²) in [5.74, 6) is 0.290. The summed E-state index contributed by atoms with van der Waals surface area (Å²) < 4.78 is 22.6. The third kappa shape index (κ3) is 4.04. The molecular weight excluding hydrogens is 421 g/mol. The number of ether oxygens (including phenoxy) is 1. The lowest BCUT2D eigenvalue weighted by molar-refractivity contribution is 0.0991. The molecule has 1 atom stereocenters. The average molecular weight is 445 g/mol. The number of methoxy groups -OCH3 is 1. The van der Waals surface area contributed by atoms with Crippen LogP contribution in [0, 0.1) is 12.7 Å². The van der Waals surface area contributed by atoms with Crippen molar-refractivity contribution < 1.29 is 13.9 Å². The molecular formula is C25H24FN5O2. The van der Waals surface area contributed by atoms with E-state index in [1.54, 1.807) is 37.7 Å². The van der Waals surface area contributed by atoms with Gasteiger partial charge < -0.3 is 9.30 Å². The highest BCUT2D eigenvalue weighted by atomic mass is 19.1. The number of rotatable bonds is 6. The first kappa shape index (κ1) is 21.1. The molecule has 0 bridgehead atoms. The lowest BCUT2D eigenvalue weighted by atomic mass is 9.95. The van der Waals surface area contributed by atoms with Crippen LogP contribution in [-0.2, 0) is 12.8 Å². The molecule has 2 aromatic heterocycles. The summed E-state index contributed by atoms with van der Waals surface area (Å²) >= 11 is 0. The molecule has 0 radical (unpaired) electrons. The fourth-order valence-corrected chi connectivity index (χ4v) is 4.44. The maximum absolute atomic E-state index is 13.3. The number of hydrogen-bond acceptors (Lipinski definition) is 5. The molecule has 0 aliphatic carbocycles. The van der Waals surface area contributed by atoms with Crippen LogP contribution in [0.4, 0.5) is 4.39 Å². The van der Waals surface area contributed by atoms with Crippen molar-refractivity contribution in [3.63, 3.8) is 0 Å². The largest absolute Gasteiger partial charge is 0.495 e. The molecule has 0 amide bonds. The number of ketones is 1. The average Bonchev–Trinajstić information content (AvgIpc) is 3.45. The fraction of sp³-hybridized carbons (Fsp3) is 0.280. The summed E-state index contributed by atoms with van der Waals surface area (Å²) in [6.45, 7) is 1.92. The van der Waals surface area contributed by atoms with Crippen LogP contribution in [0.5, 0.6) is 5.75 Å². The van der Waals surface area contributed by atoms with Gasteiger partial charge in [0.1, 0.15) is 11.6 Å². The first-order valence-corrected chi connectivity index (χ1v) is 10.9. The number of carbonyl (C=O) groups excluding carboxylic acids is 1. The van der Waals surface area contributed by atoms with E-state index in [1.165, 1.54) is 12.1 Å². The highest BCUT2D eigenvalue weighted by molar-refractivity contribution is 5.98. The van der Waals surface area contributed by atoms with E-state index < -0.39 is 0 Å². The van der Waals surface area contributed by atoms with Crippen molar-refractivity contribution in [2.75, 3.05) is 7.11 Å². The minimum Gasteiger partial charge on any atom is -0.495 e. The first-order chi connectivity index (χ1) is 16.0. The molecule has 1 aliphatic heterocycles. The number of aromatic nitrogens is 5. The second kappa shape index (κ2) is 8.61. The van der Waals surface area contributed by atoms with E-state index in [-0.39, 0.29) is 24.1 Å². The van der Waals surface area contributed by atoms with Crippen molar-refractivity contribution in [3.05, 3.63) is 89.0 Å². The van der Waals surface area contributed by atoms with Gasteiger partial charge in [-0.25, -0.2) is 14.1 Å². The summed E-state index contributed by atoms with van der Waals surface area (Å²) in [6.07, 6.45) is 6.47. The summed E-state index contributed by atoms with van der Waals surface area (Å²) in [5.41, 5.74) is 4.93. The van der Waals surface area contributed by atoms with Gasteiger partial charge in [-0.1, -0.05) is 17.3 Å². The van der Waals surface area contributed by atoms with E-state index in [1.807, 2.05) is 28.4 Å². The van der Waals surface area contributed by atoms with Gasteiger partial charge in [0.15, 0.2) is 5.78 Å². The molecule has 7 nitrogen and oxygen atoms in total. The minimum atomic E-state index is -0.260. The maximum Gasteiger partial charge on any atom is 0.169 e. The van der Waals surface area contributed by atoms with Crippen LogP contribution < -0.4 is 4.74 Å². The Morgan fingerprint density at radius 1 is 1.21 bits per heavy atom. The Morgan fingerprint density at radius 2 is 2.03 bits per heavy atom. The van der Waals surface area contributed by atoms with Crippen molar-refractivity contribution >= 4 is 5.78 Å². The molecule has 1 aliphatic rings. The third-order valence-corrected chi connectivity index (χ3v) is 6.13. The first-order valence-electron chi connectivity index (χ1n) is 10.9. The van der Waals surface area contributed by atoms with Gasteiger partial charge in [0.05, 0.1) is 48.7 Å². The number of aryl methyl sites for hydroxylation is 1. The van der Waals surface area contributed by atoms with Crippen molar-refractivity contribution in [1.82, 2.24) is 24.5 Å². The van der Waals surface area contributed by atoms with E-state index >= 15 is 0 Å². The van der Waals surface area contributed by atoms with Gasteiger partial charge in [-0.15, -0.1) is 5.10 Å². The second-order valence-electron chi connectivity index (χ2n) is 8.30. The number of Topliss-reactive ketones (excluding diaryl/α,β-unsaturated/α-hetero) is 1. The zero-order chi connectivity index (χ0) is 22.9. The molecule has 1 unspecified atom stereocenters. The molecule has 4 aromatic rings. The van der Waals surface area contributed by atoms with Gasteiger partial charge in [-0.2, -0.15) is 0 Å². The third-order valence-electron chi connectivity index (χ3n) is 6.13. The predicted octanol–water partition coefficient (Wildman–Crippen LogP) is 4.27. The monoisotopic (exact) mass is 445 g/mol. The van der Waals surface area contributed by atoms with E-state index in [0.29, 0.717) is 17.0 Å². The maximum atomic E-state index is 13.3. The molecule has 0 saturated heterocycles. The van der Waals surface area contributed by atoms with Crippen molar-refractivity contribution in [3.8, 4) is 11.4 Å². The lowest BCUT2D eigenvalue weighted by Gasteiger charge is -2.24. The molecule has 0 fully saturated rings. The quantitative estimate of drug-likeness (QED) is 0.415. The van der Waals surface area contributed by atoms with Gasteiger partial charge in [0.2, 0.25) is 0 Å². The SMILES string of the molecule is COc1cc(C(=O)Cc2nnn3c2CCCC3c2ccc(F)cc2)ccc1-n1cnc(C)c1. The normalized spacial score (nSPS) is 15.3. The number of halogens is 1. The topological polar surface area (TPSA) is 74.8 Å². The highest BCUT2D eigenvalue weighted by Gasteiger charge is 2.27. The van der Waals surface area contributed by atoms with E-state index in [9.17, 15) is 9.18 Å². The fourth-order valence-electron chi connectivity index (χ4n) is 4.44. The molecule has 168 valence electrons. The molecule has 0 spiro atoms. The van der Waals surface area contributed by atoms with Crippen LogP contribution in [0.2, 0.25) is 0 Å². The number of hydrogen-bond donors (Lipinski definition) is 0. The number of nitrogens with zero attached hydrogens (tertiary/aromatic N) is 5. The Balaban J connectivity index is 1.39. The number of fused-ring (bicyclic) bond motifs is 1. The summed E-state index contributed by atoms with van der Waals surface area (Å²) in [4.78, 5) is 17.4. The number of carbonyl (C=O) groups is 1. The number of benzene rings is 2. The summed E-state index contributed by atoms with van der Waals surface area (Å²) in [7, 11) is 1.59. The summed E-state index contributed by atoms with van der Waals surface area (Å²) in [5, 5.41) is 8.70. The van der Waals surface area contributed by atoms with Gasteiger partial charge in [0.25, 0.3) is 0 Å². The van der Waals surface area contributed by atoms with Crippen LogP contribution >= 0.6 is 0 Å². The molecule has 5 rings (SSSR count). The Labute approximate surface area is 190 Å². The zero-order valence-electron chi connectivity index (χ0n) is 18.5. The van der Waals surface area contributed by atoms with E-state index in [4.69, 9.17) is 4.74 Å². The van der Waals surface area contributed by atoms with E-state index in [2.05, 4.69) is 15.3 Å². The number of imidazole rings is 1. The van der Waals surface area contributed by atoms with Gasteiger partial charge in [-0.05, 0) is 62.1 Å². The molecule has 2 aromatic carbocycles. The van der Waals surface area contributed by atoms with Crippen molar-refractivity contribution in [1.29, 1.82) is 0 Å². The Hall–Kier alpha value is -3.81. The van der Waals surface area contributed by atoms with Gasteiger partial charge in [-0.3, -0.25) is 4.79 Å². The minimum absolute atomic E-state index is 0.00344. The smallest absolute Gasteiger partial charge is 0.169 e. The molecule has 8 heteroatoms. The van der Waals surface area contributed by atoms with Crippen LogP contribution in [0.1, 0.15) is 51.9 Å². The second-order valence-corrected chi connectivity index (χ2v) is 8.30. The van der Waals surface area contributed by atoms with Gasteiger partial charge in [0, 0.05) is 11.8 Å². The van der Waals surface area contributed by atoms with Crippen molar-refractivity contribution in [2.24, 2.45) is 0 Å². The Morgan fingerprint density at radius 3 is 2.76 bits per heavy atom. The lowest BCUT2D eigenvalue weighted by Crippen LogP contribution is -2.21. The van der Waals surface area contributed by atoms with Crippen LogP contribution in [0.25, 0.3) is 5.69 Å². The zero-order valence-corrected chi connectivity index (χ0v) is 18.5. The predicted molar refractivity (Wildman–Crippen MR) is 120 cm³/mol. The molecule has 0 N–H and O–H groups in total. The van der Waals surface area contributed by atoms with Crippen molar-refractivity contribution in [2.45, 2.75) is 38.6 Å². The molecule has 3 heterocycles. The van der Waals surface area contributed by atoms with Crippen LogP contribution in [0.15, 0.2) is 55.0 Å². The highest BCUT2D eigenvalue weighted by Crippen LogP contribution is 2.32.